The van der Waals surface area contributed by atoms with Crippen LogP contribution in [-0.4, -0.2) is 42.5 Å². The lowest BCUT2D eigenvalue weighted by molar-refractivity contribution is -0.137. The van der Waals surface area contributed by atoms with Crippen molar-refractivity contribution in [2.75, 3.05) is 19.8 Å². The minimum absolute atomic E-state index is 0.0238. The highest BCUT2D eigenvalue weighted by Crippen LogP contribution is 2.31. The Balaban J connectivity index is 2.12. The molecule has 6 heteroatoms. The highest BCUT2D eigenvalue weighted by Gasteiger charge is 2.27. The van der Waals surface area contributed by atoms with Crippen molar-refractivity contribution in [3.63, 3.8) is 0 Å². The fourth-order valence-electron chi connectivity index (χ4n) is 2.68. The van der Waals surface area contributed by atoms with Gasteiger partial charge in [0.15, 0.2) is 11.5 Å². The van der Waals surface area contributed by atoms with E-state index < -0.39 is 6.04 Å². The van der Waals surface area contributed by atoms with Gasteiger partial charge in [-0.3, -0.25) is 9.59 Å². The molecule has 1 aliphatic rings. The molecule has 0 radical (unpaired) electrons. The van der Waals surface area contributed by atoms with Crippen molar-refractivity contribution < 1.29 is 19.1 Å². The maximum Gasteiger partial charge on any atom is 0.245 e. The highest BCUT2D eigenvalue weighted by atomic mass is 16.6. The smallest absolute Gasteiger partial charge is 0.245 e. The second-order valence-corrected chi connectivity index (χ2v) is 6.25. The molecular weight excluding hydrogens is 308 g/mol. The van der Waals surface area contributed by atoms with Crippen molar-refractivity contribution in [2.45, 2.75) is 40.3 Å². The number of rotatable bonds is 6. The molecule has 24 heavy (non-hydrogen) atoms. The summed E-state index contributed by atoms with van der Waals surface area (Å²) in [5, 5.41) is 2.75. The number of hydrogen-bond acceptors (Lipinski definition) is 4. The zero-order valence-electron chi connectivity index (χ0n) is 14.8. The zero-order valence-corrected chi connectivity index (χ0v) is 14.8. The van der Waals surface area contributed by atoms with E-state index in [1.165, 1.54) is 6.92 Å². The third-order valence-corrected chi connectivity index (χ3v) is 3.96. The van der Waals surface area contributed by atoms with Crippen LogP contribution in [0, 0.1) is 5.92 Å². The van der Waals surface area contributed by atoms with Crippen LogP contribution in [0.25, 0.3) is 0 Å². The topological polar surface area (TPSA) is 67.9 Å². The summed E-state index contributed by atoms with van der Waals surface area (Å²) in [5.74, 6) is 1.20. The molecule has 0 bridgehead atoms. The van der Waals surface area contributed by atoms with E-state index in [0.717, 1.165) is 11.3 Å². The fourth-order valence-corrected chi connectivity index (χ4v) is 2.68. The van der Waals surface area contributed by atoms with E-state index in [9.17, 15) is 9.59 Å². The van der Waals surface area contributed by atoms with Gasteiger partial charge < -0.3 is 19.7 Å². The Morgan fingerprint density at radius 2 is 1.88 bits per heavy atom. The van der Waals surface area contributed by atoms with Crippen LogP contribution >= 0.6 is 0 Å². The first-order valence-electron chi connectivity index (χ1n) is 8.36. The lowest BCUT2D eigenvalue weighted by atomic mass is 10.0. The van der Waals surface area contributed by atoms with Crippen LogP contribution in [0.4, 0.5) is 0 Å². The SMILES string of the molecule is CCN(Cc1ccc2c(c1)OCCO2)C(=O)C(NC(C)=O)C(C)C. The summed E-state index contributed by atoms with van der Waals surface area (Å²) in [6.07, 6.45) is 0. The lowest BCUT2D eigenvalue weighted by Gasteiger charge is -2.29. The van der Waals surface area contributed by atoms with Crippen LogP contribution in [0.5, 0.6) is 11.5 Å². The average molecular weight is 334 g/mol. The van der Waals surface area contributed by atoms with E-state index in [2.05, 4.69) is 5.32 Å². The first-order valence-corrected chi connectivity index (χ1v) is 8.36. The van der Waals surface area contributed by atoms with Gasteiger partial charge in [-0.15, -0.1) is 0 Å². The lowest BCUT2D eigenvalue weighted by Crippen LogP contribution is -2.50. The fraction of sp³-hybridized carbons (Fsp3) is 0.556. The number of nitrogens with zero attached hydrogens (tertiary/aromatic N) is 1. The normalized spacial score (nSPS) is 14.2. The number of likely N-dealkylation sites (N-methyl/N-ethyl adjacent to an activating group) is 1. The molecule has 2 rings (SSSR count). The Morgan fingerprint density at radius 1 is 1.21 bits per heavy atom. The Kier molecular flexibility index (Phi) is 6.06. The van der Waals surface area contributed by atoms with Crippen LogP contribution in [-0.2, 0) is 16.1 Å². The molecular formula is C18H26N2O4. The zero-order chi connectivity index (χ0) is 17.7. The number of carbonyl (C=O) groups is 2. The minimum atomic E-state index is -0.514. The van der Waals surface area contributed by atoms with Gasteiger partial charge in [0.25, 0.3) is 0 Å². The van der Waals surface area contributed by atoms with Gasteiger partial charge in [0.2, 0.25) is 11.8 Å². The van der Waals surface area contributed by atoms with E-state index in [1.807, 2.05) is 39.0 Å². The van der Waals surface area contributed by atoms with Gasteiger partial charge in [-0.25, -0.2) is 0 Å². The maximum atomic E-state index is 12.8. The van der Waals surface area contributed by atoms with E-state index in [1.54, 1.807) is 4.90 Å². The van der Waals surface area contributed by atoms with Crippen LogP contribution in [0.2, 0.25) is 0 Å². The van der Waals surface area contributed by atoms with Crippen LogP contribution < -0.4 is 14.8 Å². The quantitative estimate of drug-likeness (QED) is 0.864. The molecule has 0 fully saturated rings. The molecule has 1 atom stereocenters. The molecule has 0 saturated carbocycles. The van der Waals surface area contributed by atoms with Crippen molar-refractivity contribution in [1.82, 2.24) is 10.2 Å². The molecule has 1 aromatic carbocycles. The predicted octanol–water partition coefficient (Wildman–Crippen LogP) is 1.97. The number of nitrogens with one attached hydrogen (secondary N) is 1. The standard InChI is InChI=1S/C18H26N2O4/c1-5-20(18(22)17(12(2)3)19-13(4)21)11-14-6-7-15-16(10-14)24-9-8-23-15/h6-7,10,12,17H,5,8-9,11H2,1-4H3,(H,19,21). The number of fused-ring (bicyclic) bond motifs is 1. The van der Waals surface area contributed by atoms with Crippen molar-refractivity contribution in [2.24, 2.45) is 5.92 Å². The summed E-state index contributed by atoms with van der Waals surface area (Å²) < 4.78 is 11.1. The summed E-state index contributed by atoms with van der Waals surface area (Å²) in [7, 11) is 0. The Hall–Kier alpha value is -2.24. The maximum absolute atomic E-state index is 12.8. The largest absolute Gasteiger partial charge is 0.486 e. The van der Waals surface area contributed by atoms with Crippen molar-refractivity contribution in [3.05, 3.63) is 23.8 Å². The molecule has 1 aliphatic heterocycles. The first-order chi connectivity index (χ1) is 11.4. The summed E-state index contributed by atoms with van der Waals surface area (Å²) in [6.45, 7) is 9.34. The second kappa shape index (κ2) is 8.04. The predicted molar refractivity (Wildman–Crippen MR) is 91.0 cm³/mol. The summed E-state index contributed by atoms with van der Waals surface area (Å²) in [4.78, 5) is 25.9. The van der Waals surface area contributed by atoms with Crippen molar-refractivity contribution in [1.29, 1.82) is 0 Å². The number of hydrogen-bond donors (Lipinski definition) is 1. The number of amides is 2. The average Bonchev–Trinajstić information content (AvgIpc) is 2.56. The van der Waals surface area contributed by atoms with Gasteiger partial charge in [-0.05, 0) is 30.5 Å². The van der Waals surface area contributed by atoms with E-state index >= 15 is 0 Å². The summed E-state index contributed by atoms with van der Waals surface area (Å²) in [6, 6.07) is 5.20. The van der Waals surface area contributed by atoms with E-state index in [4.69, 9.17) is 9.47 Å². The molecule has 0 aromatic heterocycles. The third kappa shape index (κ3) is 4.40. The molecule has 1 aromatic rings. The first kappa shape index (κ1) is 18.1. The van der Waals surface area contributed by atoms with E-state index in [0.29, 0.717) is 32.1 Å². The van der Waals surface area contributed by atoms with Gasteiger partial charge >= 0.3 is 0 Å². The molecule has 132 valence electrons. The Bertz CT molecular complexity index is 601. The van der Waals surface area contributed by atoms with Gasteiger partial charge in [0, 0.05) is 20.0 Å². The molecule has 0 saturated heterocycles. The molecule has 6 nitrogen and oxygen atoms in total. The monoisotopic (exact) mass is 334 g/mol. The van der Waals surface area contributed by atoms with Crippen LogP contribution in [0.1, 0.15) is 33.3 Å². The Morgan fingerprint density at radius 3 is 2.46 bits per heavy atom. The van der Waals surface area contributed by atoms with E-state index in [-0.39, 0.29) is 17.7 Å². The molecule has 2 amide bonds. The minimum Gasteiger partial charge on any atom is -0.486 e. The molecule has 0 aliphatic carbocycles. The Labute approximate surface area is 143 Å². The third-order valence-electron chi connectivity index (χ3n) is 3.96. The van der Waals surface area contributed by atoms with Crippen molar-refractivity contribution in [3.8, 4) is 11.5 Å². The summed E-state index contributed by atoms with van der Waals surface area (Å²) in [5.41, 5.74) is 0.972. The van der Waals surface area contributed by atoms with Gasteiger partial charge in [0.1, 0.15) is 19.3 Å². The van der Waals surface area contributed by atoms with Crippen LogP contribution in [0.15, 0.2) is 18.2 Å². The number of benzene rings is 1. The van der Waals surface area contributed by atoms with Gasteiger partial charge in [-0.2, -0.15) is 0 Å². The number of ether oxygens (including phenoxy) is 2. The molecule has 1 N–H and O–H groups in total. The van der Waals surface area contributed by atoms with Gasteiger partial charge in [-0.1, -0.05) is 19.9 Å². The number of carbonyl (C=O) groups excluding carboxylic acids is 2. The van der Waals surface area contributed by atoms with Crippen LogP contribution in [0.3, 0.4) is 0 Å². The highest BCUT2D eigenvalue weighted by molar-refractivity contribution is 5.87. The van der Waals surface area contributed by atoms with Gasteiger partial charge in [0.05, 0.1) is 0 Å². The van der Waals surface area contributed by atoms with Crippen molar-refractivity contribution >= 4 is 11.8 Å². The second-order valence-electron chi connectivity index (χ2n) is 6.25. The molecule has 0 spiro atoms. The molecule has 1 unspecified atom stereocenters. The molecule has 1 heterocycles. The summed E-state index contributed by atoms with van der Waals surface area (Å²) >= 11 is 0.